The number of carbonyl (C=O) groups excluding carboxylic acids is 2. The predicted molar refractivity (Wildman–Crippen MR) is 111 cm³/mol. The quantitative estimate of drug-likeness (QED) is 0.570. The maximum Gasteiger partial charge on any atom is 0.573 e. The van der Waals surface area contributed by atoms with Gasteiger partial charge in [0.1, 0.15) is 11.8 Å². The Kier molecular flexibility index (Phi) is 8.68. The van der Waals surface area contributed by atoms with Gasteiger partial charge < -0.3 is 15.0 Å². The second-order valence-electron chi connectivity index (χ2n) is 7.67. The number of nitrogens with one attached hydrogen (secondary N) is 2. The number of benzene rings is 1. The van der Waals surface area contributed by atoms with Crippen LogP contribution in [0.4, 0.5) is 13.2 Å². The maximum absolute atomic E-state index is 12.7. The van der Waals surface area contributed by atoms with Crippen LogP contribution in [-0.4, -0.2) is 56.9 Å². The van der Waals surface area contributed by atoms with Crippen molar-refractivity contribution in [1.82, 2.24) is 14.9 Å². The molecule has 1 aromatic carbocycles. The Morgan fingerprint density at radius 2 is 2.06 bits per heavy atom. The predicted octanol–water partition coefficient (Wildman–Crippen LogP) is 1.64. The summed E-state index contributed by atoms with van der Waals surface area (Å²) >= 11 is 0. The van der Waals surface area contributed by atoms with Gasteiger partial charge in [0.15, 0.2) is 0 Å². The van der Waals surface area contributed by atoms with Crippen LogP contribution >= 0.6 is 0 Å². The van der Waals surface area contributed by atoms with Crippen molar-refractivity contribution in [2.24, 2.45) is 5.92 Å². The lowest BCUT2D eigenvalue weighted by Gasteiger charge is -2.34. The highest BCUT2D eigenvalue weighted by Crippen LogP contribution is 2.28. The standard InChI is InChI=1S/C20H25F3N4O5S/c1-3-16(26-33(2,30)31)19(29)27-8-4-5-15(12-27)18(28)25-11-14-7-6-13(10-24)9-17(14)32-20(21,22)23/h6-7,9,15-16,26H,3-5,8,11-12H2,1-2H3,(H,25,28)/t15?,16-/m1/s1. The lowest BCUT2D eigenvalue weighted by atomic mass is 9.96. The fourth-order valence-electron chi connectivity index (χ4n) is 3.49. The molecule has 0 saturated carbocycles. The van der Waals surface area contributed by atoms with Crippen molar-refractivity contribution < 1.29 is 35.9 Å². The second-order valence-corrected chi connectivity index (χ2v) is 9.45. The molecular weight excluding hydrogens is 465 g/mol. The normalized spacial score (nSPS) is 17.7. The van der Waals surface area contributed by atoms with Gasteiger partial charge in [-0.2, -0.15) is 5.26 Å². The first-order valence-electron chi connectivity index (χ1n) is 10.2. The van der Waals surface area contributed by atoms with E-state index in [4.69, 9.17) is 5.26 Å². The van der Waals surface area contributed by atoms with Gasteiger partial charge >= 0.3 is 6.36 Å². The SMILES string of the molecule is CC[C@@H](NS(C)(=O)=O)C(=O)N1CCCC(C(=O)NCc2ccc(C#N)cc2OC(F)(F)F)C1. The number of likely N-dealkylation sites (tertiary alicyclic amines) is 1. The molecule has 1 unspecified atom stereocenters. The molecule has 2 atom stereocenters. The number of ether oxygens (including phenoxy) is 1. The number of nitrogens with zero attached hydrogens (tertiary/aromatic N) is 2. The maximum atomic E-state index is 12.7. The molecule has 0 radical (unpaired) electrons. The highest BCUT2D eigenvalue weighted by atomic mass is 32.2. The van der Waals surface area contributed by atoms with E-state index in [0.717, 1.165) is 12.3 Å². The van der Waals surface area contributed by atoms with Crippen LogP contribution < -0.4 is 14.8 Å². The van der Waals surface area contributed by atoms with Crippen molar-refractivity contribution in [1.29, 1.82) is 5.26 Å². The third kappa shape index (κ3) is 8.21. The number of halogens is 3. The highest BCUT2D eigenvalue weighted by Gasteiger charge is 2.34. The fraction of sp³-hybridized carbons (Fsp3) is 0.550. The number of alkyl halides is 3. The number of piperidine rings is 1. The molecule has 13 heteroatoms. The fourth-order valence-corrected chi connectivity index (χ4v) is 4.28. The van der Waals surface area contributed by atoms with E-state index >= 15 is 0 Å². The van der Waals surface area contributed by atoms with Crippen molar-refractivity contribution in [3.05, 3.63) is 29.3 Å². The zero-order valence-corrected chi connectivity index (χ0v) is 18.9. The minimum Gasteiger partial charge on any atom is -0.405 e. The smallest absolute Gasteiger partial charge is 0.405 e. The summed E-state index contributed by atoms with van der Waals surface area (Å²) in [6.45, 7) is 1.82. The molecule has 2 rings (SSSR count). The van der Waals surface area contributed by atoms with Crippen LogP contribution in [0.15, 0.2) is 18.2 Å². The Balaban J connectivity index is 2.05. The van der Waals surface area contributed by atoms with E-state index in [1.807, 2.05) is 0 Å². The molecule has 0 spiro atoms. The third-order valence-electron chi connectivity index (χ3n) is 5.04. The summed E-state index contributed by atoms with van der Waals surface area (Å²) in [6.07, 6.45) is -2.80. The van der Waals surface area contributed by atoms with Crippen LogP contribution in [0.5, 0.6) is 5.75 Å². The van der Waals surface area contributed by atoms with Gasteiger partial charge in [-0.1, -0.05) is 13.0 Å². The zero-order chi connectivity index (χ0) is 24.8. The van der Waals surface area contributed by atoms with E-state index in [1.165, 1.54) is 17.0 Å². The van der Waals surface area contributed by atoms with E-state index in [1.54, 1.807) is 13.0 Å². The van der Waals surface area contributed by atoms with Crippen LogP contribution in [0, 0.1) is 17.2 Å². The molecule has 33 heavy (non-hydrogen) atoms. The van der Waals surface area contributed by atoms with Gasteiger partial charge in [-0.3, -0.25) is 9.59 Å². The number of rotatable bonds is 8. The van der Waals surface area contributed by atoms with E-state index in [2.05, 4.69) is 14.8 Å². The van der Waals surface area contributed by atoms with Crippen LogP contribution in [0.2, 0.25) is 0 Å². The largest absolute Gasteiger partial charge is 0.573 e. The molecule has 1 aliphatic heterocycles. The average molecular weight is 491 g/mol. The number of hydrogen-bond donors (Lipinski definition) is 2. The van der Waals surface area contributed by atoms with E-state index in [-0.39, 0.29) is 30.6 Å². The molecule has 1 heterocycles. The summed E-state index contributed by atoms with van der Waals surface area (Å²) in [5.41, 5.74) is 0.00533. The Bertz CT molecular complexity index is 1020. The van der Waals surface area contributed by atoms with E-state index in [9.17, 15) is 31.2 Å². The lowest BCUT2D eigenvalue weighted by Crippen LogP contribution is -2.52. The van der Waals surface area contributed by atoms with Gasteiger partial charge in [-0.05, 0) is 31.4 Å². The molecule has 182 valence electrons. The van der Waals surface area contributed by atoms with Crippen LogP contribution in [0.25, 0.3) is 0 Å². The molecular formula is C20H25F3N4O5S. The van der Waals surface area contributed by atoms with Crippen LogP contribution in [0.1, 0.15) is 37.3 Å². The van der Waals surface area contributed by atoms with Gasteiger partial charge in [-0.25, -0.2) is 13.1 Å². The third-order valence-corrected chi connectivity index (χ3v) is 5.75. The monoisotopic (exact) mass is 490 g/mol. The molecule has 1 fully saturated rings. The Hall–Kier alpha value is -2.85. The molecule has 1 aromatic rings. The van der Waals surface area contributed by atoms with Crippen LogP contribution in [0.3, 0.4) is 0 Å². The van der Waals surface area contributed by atoms with Crippen molar-refractivity contribution in [3.8, 4) is 11.8 Å². The number of amides is 2. The molecule has 0 aliphatic carbocycles. The number of carbonyl (C=O) groups is 2. The molecule has 1 saturated heterocycles. The van der Waals surface area contributed by atoms with Crippen LogP contribution in [-0.2, 0) is 26.2 Å². The van der Waals surface area contributed by atoms with Crippen molar-refractivity contribution in [3.63, 3.8) is 0 Å². The first-order chi connectivity index (χ1) is 15.3. The number of sulfonamides is 1. The van der Waals surface area contributed by atoms with Gasteiger partial charge in [-0.15, -0.1) is 13.2 Å². The van der Waals surface area contributed by atoms with Gasteiger partial charge in [0, 0.05) is 25.2 Å². The summed E-state index contributed by atoms with van der Waals surface area (Å²) in [4.78, 5) is 26.8. The first kappa shape index (κ1) is 26.4. The molecule has 0 aromatic heterocycles. The summed E-state index contributed by atoms with van der Waals surface area (Å²) in [5.74, 6) is -2.09. The highest BCUT2D eigenvalue weighted by molar-refractivity contribution is 7.88. The molecule has 0 bridgehead atoms. The summed E-state index contributed by atoms with van der Waals surface area (Å²) in [6, 6.07) is 4.30. The molecule has 2 N–H and O–H groups in total. The molecule has 9 nitrogen and oxygen atoms in total. The second kappa shape index (κ2) is 10.8. The average Bonchev–Trinajstić information content (AvgIpc) is 2.74. The first-order valence-corrected chi connectivity index (χ1v) is 12.0. The van der Waals surface area contributed by atoms with E-state index < -0.39 is 45.9 Å². The van der Waals surface area contributed by atoms with Crippen molar-refractivity contribution >= 4 is 21.8 Å². The zero-order valence-electron chi connectivity index (χ0n) is 18.1. The lowest BCUT2D eigenvalue weighted by molar-refractivity contribution is -0.274. The summed E-state index contributed by atoms with van der Waals surface area (Å²) < 4.78 is 67.3. The summed E-state index contributed by atoms with van der Waals surface area (Å²) in [7, 11) is -3.60. The van der Waals surface area contributed by atoms with Gasteiger partial charge in [0.05, 0.1) is 23.8 Å². The van der Waals surface area contributed by atoms with E-state index in [0.29, 0.717) is 19.4 Å². The van der Waals surface area contributed by atoms with Gasteiger partial charge in [0.2, 0.25) is 21.8 Å². The number of nitriles is 1. The Morgan fingerprint density at radius 1 is 1.36 bits per heavy atom. The van der Waals surface area contributed by atoms with Crippen molar-refractivity contribution in [2.75, 3.05) is 19.3 Å². The minimum absolute atomic E-state index is 0.0288. The van der Waals surface area contributed by atoms with Gasteiger partial charge in [0.25, 0.3) is 0 Å². The molecule has 1 aliphatic rings. The Morgan fingerprint density at radius 3 is 2.64 bits per heavy atom. The topological polar surface area (TPSA) is 129 Å². The summed E-state index contributed by atoms with van der Waals surface area (Å²) in [5, 5.41) is 11.5. The van der Waals surface area contributed by atoms with Crippen molar-refractivity contribution in [2.45, 2.75) is 45.1 Å². The minimum atomic E-state index is -4.97. The number of hydrogen-bond acceptors (Lipinski definition) is 6. The Labute approximate surface area is 189 Å². The molecule has 2 amide bonds.